The number of rotatable bonds is 6. The number of aromatic nitrogens is 3. The minimum Gasteiger partial charge on any atom is -0.339 e. The van der Waals surface area contributed by atoms with E-state index in [1.807, 2.05) is 32.6 Å². The normalized spacial score (nSPS) is 11.1. The molecule has 0 bridgehead atoms. The maximum absolute atomic E-state index is 4.62. The van der Waals surface area contributed by atoms with E-state index in [-0.39, 0.29) is 0 Å². The van der Waals surface area contributed by atoms with Crippen LogP contribution < -0.4 is 10.2 Å². The quantitative estimate of drug-likeness (QED) is 0.889. The zero-order valence-corrected chi connectivity index (χ0v) is 14.2. The number of hydrogen-bond acceptors (Lipinski definition) is 6. The van der Waals surface area contributed by atoms with Gasteiger partial charge < -0.3 is 10.2 Å². The zero-order valence-electron chi connectivity index (χ0n) is 13.3. The van der Waals surface area contributed by atoms with Crippen LogP contribution in [0.25, 0.3) is 0 Å². The molecule has 0 saturated heterocycles. The van der Waals surface area contributed by atoms with Gasteiger partial charge in [-0.1, -0.05) is 13.8 Å². The van der Waals surface area contributed by atoms with Gasteiger partial charge in [0.1, 0.15) is 0 Å². The molecule has 5 nitrogen and oxygen atoms in total. The molecule has 0 atom stereocenters. The summed E-state index contributed by atoms with van der Waals surface area (Å²) in [5.41, 5.74) is 5.14. The van der Waals surface area contributed by atoms with Crippen LogP contribution >= 0.6 is 11.3 Å². The highest BCUT2D eigenvalue weighted by atomic mass is 32.1. The van der Waals surface area contributed by atoms with E-state index in [2.05, 4.69) is 39.0 Å². The first kappa shape index (κ1) is 15.9. The largest absolute Gasteiger partial charge is 0.339 e. The second-order valence-electron chi connectivity index (χ2n) is 5.53. The Bertz CT molecular complexity index is 593. The van der Waals surface area contributed by atoms with Gasteiger partial charge in [-0.05, 0) is 13.8 Å². The fraction of sp³-hybridized carbons (Fsp3) is 0.533. The van der Waals surface area contributed by atoms with Gasteiger partial charge in [0, 0.05) is 42.0 Å². The summed E-state index contributed by atoms with van der Waals surface area (Å²) in [5.74, 6) is 0.758. The van der Waals surface area contributed by atoms with E-state index in [4.69, 9.17) is 0 Å². The predicted octanol–water partition coefficient (Wildman–Crippen LogP) is 2.68. The molecule has 2 aromatic heterocycles. The van der Waals surface area contributed by atoms with E-state index >= 15 is 0 Å². The topological polar surface area (TPSA) is 53.9 Å². The van der Waals surface area contributed by atoms with Crippen LogP contribution in [0.15, 0.2) is 11.7 Å². The van der Waals surface area contributed by atoms with E-state index in [9.17, 15) is 0 Å². The number of thiazole rings is 1. The lowest BCUT2D eigenvalue weighted by Gasteiger charge is -2.18. The molecule has 2 heterocycles. The molecule has 0 unspecified atom stereocenters. The molecule has 2 aromatic rings. The average Bonchev–Trinajstić information content (AvgIpc) is 2.82. The Morgan fingerprint density at radius 2 is 2.00 bits per heavy atom. The molecule has 114 valence electrons. The van der Waals surface area contributed by atoms with Crippen molar-refractivity contribution in [3.8, 4) is 0 Å². The van der Waals surface area contributed by atoms with E-state index in [0.29, 0.717) is 6.04 Å². The van der Waals surface area contributed by atoms with Crippen molar-refractivity contribution in [1.82, 2.24) is 20.3 Å². The summed E-state index contributed by atoms with van der Waals surface area (Å²) in [4.78, 5) is 16.7. The molecule has 21 heavy (non-hydrogen) atoms. The molecule has 0 spiro atoms. The molecule has 1 N–H and O–H groups in total. The van der Waals surface area contributed by atoms with Crippen LogP contribution in [-0.2, 0) is 13.1 Å². The van der Waals surface area contributed by atoms with Gasteiger partial charge in [0.15, 0.2) is 0 Å². The number of aryl methyl sites for hydroxylation is 2. The second-order valence-corrected chi connectivity index (χ2v) is 6.47. The Balaban J connectivity index is 2.06. The minimum absolute atomic E-state index is 0.459. The van der Waals surface area contributed by atoms with Crippen LogP contribution in [0.3, 0.4) is 0 Å². The Morgan fingerprint density at radius 3 is 2.57 bits per heavy atom. The Morgan fingerprint density at radius 1 is 1.24 bits per heavy atom. The fourth-order valence-corrected chi connectivity index (χ4v) is 2.74. The molecule has 0 aliphatic carbocycles. The van der Waals surface area contributed by atoms with Gasteiger partial charge in [0.2, 0.25) is 5.95 Å². The van der Waals surface area contributed by atoms with Crippen molar-refractivity contribution < 1.29 is 0 Å². The molecule has 0 aliphatic rings. The van der Waals surface area contributed by atoms with Crippen LogP contribution in [0.5, 0.6) is 0 Å². The highest BCUT2D eigenvalue weighted by Crippen LogP contribution is 2.17. The van der Waals surface area contributed by atoms with Crippen molar-refractivity contribution in [2.24, 2.45) is 0 Å². The summed E-state index contributed by atoms with van der Waals surface area (Å²) in [7, 11) is 2.01. The molecular weight excluding hydrogens is 282 g/mol. The minimum atomic E-state index is 0.459. The van der Waals surface area contributed by atoms with Crippen molar-refractivity contribution in [2.75, 3.05) is 11.9 Å². The van der Waals surface area contributed by atoms with Crippen molar-refractivity contribution >= 4 is 17.3 Å². The highest BCUT2D eigenvalue weighted by molar-refractivity contribution is 7.09. The summed E-state index contributed by atoms with van der Waals surface area (Å²) in [5, 5.41) is 3.39. The lowest BCUT2D eigenvalue weighted by molar-refractivity contribution is 0.584. The molecule has 0 radical (unpaired) electrons. The first-order valence-corrected chi connectivity index (χ1v) is 8.01. The Hall–Kier alpha value is -1.53. The molecule has 6 heteroatoms. The average molecular weight is 305 g/mol. The molecular formula is C15H23N5S. The fourth-order valence-electron chi connectivity index (χ4n) is 1.92. The van der Waals surface area contributed by atoms with Crippen LogP contribution in [0.2, 0.25) is 0 Å². The first-order valence-electron chi connectivity index (χ1n) is 7.13. The van der Waals surface area contributed by atoms with Gasteiger partial charge in [0.05, 0.1) is 17.7 Å². The van der Waals surface area contributed by atoms with E-state index in [1.54, 1.807) is 11.3 Å². The summed E-state index contributed by atoms with van der Waals surface area (Å²) >= 11 is 1.67. The standard InChI is InChI=1S/C15H23N5S/c1-10(2)16-6-13-7-17-15(19-11(13)3)20(5)8-14-12(4)18-9-21-14/h7,9-10,16H,6,8H2,1-5H3. The van der Waals surface area contributed by atoms with Gasteiger partial charge in [-0.15, -0.1) is 11.3 Å². The Labute approximate surface area is 130 Å². The van der Waals surface area contributed by atoms with Gasteiger partial charge in [0.25, 0.3) is 0 Å². The predicted molar refractivity (Wildman–Crippen MR) is 87.7 cm³/mol. The third-order valence-corrected chi connectivity index (χ3v) is 4.26. The molecule has 0 fully saturated rings. The Kier molecular flexibility index (Phi) is 5.25. The number of anilines is 1. The van der Waals surface area contributed by atoms with Gasteiger partial charge >= 0.3 is 0 Å². The van der Waals surface area contributed by atoms with Crippen molar-refractivity contribution in [3.63, 3.8) is 0 Å². The number of nitrogens with zero attached hydrogens (tertiary/aromatic N) is 4. The SMILES string of the molecule is Cc1nc(N(C)Cc2scnc2C)ncc1CNC(C)C. The molecule has 2 rings (SSSR count). The zero-order chi connectivity index (χ0) is 15.4. The number of nitrogens with one attached hydrogen (secondary N) is 1. The van der Waals surface area contributed by atoms with E-state index < -0.39 is 0 Å². The van der Waals surface area contributed by atoms with Gasteiger partial charge in [-0.25, -0.2) is 15.0 Å². The first-order chi connectivity index (χ1) is 9.97. The van der Waals surface area contributed by atoms with Gasteiger partial charge in [-0.2, -0.15) is 0 Å². The van der Waals surface area contributed by atoms with Crippen molar-refractivity contribution in [2.45, 2.75) is 46.8 Å². The third-order valence-electron chi connectivity index (χ3n) is 3.34. The summed E-state index contributed by atoms with van der Waals surface area (Å²) in [6.45, 7) is 9.94. The van der Waals surface area contributed by atoms with Crippen molar-refractivity contribution in [1.29, 1.82) is 0 Å². The molecule has 0 aromatic carbocycles. The van der Waals surface area contributed by atoms with Crippen LogP contribution in [0.1, 0.15) is 35.7 Å². The third kappa shape index (κ3) is 4.22. The lowest BCUT2D eigenvalue weighted by Crippen LogP contribution is -2.24. The summed E-state index contributed by atoms with van der Waals surface area (Å²) < 4.78 is 0. The molecule has 0 saturated carbocycles. The van der Waals surface area contributed by atoms with Gasteiger partial charge in [-0.3, -0.25) is 0 Å². The van der Waals surface area contributed by atoms with Crippen LogP contribution in [-0.4, -0.2) is 28.0 Å². The molecule has 0 amide bonds. The van der Waals surface area contributed by atoms with Crippen LogP contribution in [0.4, 0.5) is 5.95 Å². The van der Waals surface area contributed by atoms with E-state index in [1.165, 1.54) is 4.88 Å². The lowest BCUT2D eigenvalue weighted by atomic mass is 10.2. The van der Waals surface area contributed by atoms with E-state index in [0.717, 1.165) is 36.0 Å². The monoisotopic (exact) mass is 305 g/mol. The smallest absolute Gasteiger partial charge is 0.225 e. The molecule has 0 aliphatic heterocycles. The van der Waals surface area contributed by atoms with Crippen molar-refractivity contribution in [3.05, 3.63) is 33.5 Å². The highest BCUT2D eigenvalue weighted by Gasteiger charge is 2.11. The van der Waals surface area contributed by atoms with Crippen LogP contribution in [0, 0.1) is 13.8 Å². The maximum Gasteiger partial charge on any atom is 0.225 e. The maximum atomic E-state index is 4.62. The number of hydrogen-bond donors (Lipinski definition) is 1. The second kappa shape index (κ2) is 6.95. The summed E-state index contributed by atoms with van der Waals surface area (Å²) in [6, 6.07) is 0.459. The summed E-state index contributed by atoms with van der Waals surface area (Å²) in [6.07, 6.45) is 1.92.